The van der Waals surface area contributed by atoms with Gasteiger partial charge in [0, 0.05) is 25.2 Å². The van der Waals surface area contributed by atoms with Crippen molar-refractivity contribution in [3.8, 4) is 0 Å². The highest BCUT2D eigenvalue weighted by atomic mass is 16.6. The number of fused-ring (bicyclic) bond motifs is 2. The third kappa shape index (κ3) is 3.65. The summed E-state index contributed by atoms with van der Waals surface area (Å²) in [6, 6.07) is 11.6. The van der Waals surface area contributed by atoms with E-state index in [1.54, 1.807) is 0 Å². The molecule has 1 N–H and O–H groups in total. The van der Waals surface area contributed by atoms with Crippen LogP contribution in [0.15, 0.2) is 30.3 Å². The second-order valence-corrected chi connectivity index (χ2v) is 6.92. The number of nitrogens with zero attached hydrogens (tertiary/aromatic N) is 1. The summed E-state index contributed by atoms with van der Waals surface area (Å²) in [4.78, 5) is 8.47. The van der Waals surface area contributed by atoms with Crippen LogP contribution < -0.4 is 5.48 Å². The Hall–Kier alpha value is -0.900. The molecule has 3 heteroatoms. The number of nitrogens with one attached hydrogen (secondary N) is 1. The number of hydroxylamine groups is 1. The average Bonchev–Trinajstić information content (AvgIpc) is 2.47. The standard InChI is InChI=1S/C18H28N2O/c1-14(2)20-11-16-9-6-10-17(12-20)18(16)19-21-13-15-7-4-3-5-8-15/h3-5,7-8,14,16-19H,6,9-13H2,1-2H3. The van der Waals surface area contributed by atoms with Crippen LogP contribution in [0.3, 0.4) is 0 Å². The zero-order valence-electron chi connectivity index (χ0n) is 13.3. The van der Waals surface area contributed by atoms with E-state index in [-0.39, 0.29) is 0 Å². The summed E-state index contributed by atoms with van der Waals surface area (Å²) in [6.07, 6.45) is 4.07. The van der Waals surface area contributed by atoms with Gasteiger partial charge >= 0.3 is 0 Å². The Morgan fingerprint density at radius 1 is 1.14 bits per heavy atom. The fourth-order valence-corrected chi connectivity index (χ4v) is 3.88. The topological polar surface area (TPSA) is 24.5 Å². The second kappa shape index (κ2) is 6.91. The van der Waals surface area contributed by atoms with Gasteiger partial charge in [0.15, 0.2) is 0 Å². The molecule has 0 amide bonds. The molecule has 2 unspecified atom stereocenters. The van der Waals surface area contributed by atoms with Gasteiger partial charge in [-0.1, -0.05) is 36.8 Å². The van der Waals surface area contributed by atoms with Crippen molar-refractivity contribution >= 4 is 0 Å². The number of hydrogen-bond donors (Lipinski definition) is 1. The van der Waals surface area contributed by atoms with Crippen LogP contribution in [0.5, 0.6) is 0 Å². The summed E-state index contributed by atoms with van der Waals surface area (Å²) in [5.41, 5.74) is 4.64. The maximum Gasteiger partial charge on any atom is 0.0933 e. The highest BCUT2D eigenvalue weighted by molar-refractivity contribution is 5.13. The Morgan fingerprint density at radius 2 is 1.81 bits per heavy atom. The van der Waals surface area contributed by atoms with Crippen molar-refractivity contribution in [2.45, 2.75) is 51.8 Å². The van der Waals surface area contributed by atoms with Crippen LogP contribution in [-0.4, -0.2) is 30.1 Å². The molecule has 2 bridgehead atoms. The molecule has 0 aromatic heterocycles. The molecule has 3 rings (SSSR count). The maximum absolute atomic E-state index is 5.82. The van der Waals surface area contributed by atoms with Gasteiger partial charge in [0.25, 0.3) is 0 Å². The van der Waals surface area contributed by atoms with E-state index in [0.29, 0.717) is 18.7 Å². The van der Waals surface area contributed by atoms with E-state index < -0.39 is 0 Å². The van der Waals surface area contributed by atoms with E-state index >= 15 is 0 Å². The zero-order valence-corrected chi connectivity index (χ0v) is 13.3. The fraction of sp³-hybridized carbons (Fsp3) is 0.667. The van der Waals surface area contributed by atoms with E-state index in [2.05, 4.69) is 48.5 Å². The smallest absolute Gasteiger partial charge is 0.0933 e. The van der Waals surface area contributed by atoms with Gasteiger partial charge in [-0.05, 0) is 44.1 Å². The summed E-state index contributed by atoms with van der Waals surface area (Å²) in [5, 5.41) is 0. The molecule has 1 saturated heterocycles. The minimum atomic E-state index is 0.539. The SMILES string of the molecule is CC(C)N1CC2CCCC(C1)C2NOCc1ccccc1. The maximum atomic E-state index is 5.82. The van der Waals surface area contributed by atoms with Gasteiger partial charge in [-0.25, -0.2) is 0 Å². The van der Waals surface area contributed by atoms with Crippen LogP contribution in [0.4, 0.5) is 0 Å². The first-order valence-electron chi connectivity index (χ1n) is 8.39. The molecule has 1 aliphatic heterocycles. The third-order valence-electron chi connectivity index (χ3n) is 5.13. The van der Waals surface area contributed by atoms with Crippen molar-refractivity contribution in [3.63, 3.8) is 0 Å². The lowest BCUT2D eigenvalue weighted by Crippen LogP contribution is -2.58. The first-order valence-corrected chi connectivity index (χ1v) is 8.39. The quantitative estimate of drug-likeness (QED) is 0.842. The molecular formula is C18H28N2O. The Bertz CT molecular complexity index is 420. The van der Waals surface area contributed by atoms with Crippen LogP contribution in [-0.2, 0) is 11.4 Å². The predicted molar refractivity (Wildman–Crippen MR) is 85.7 cm³/mol. The Morgan fingerprint density at radius 3 is 2.43 bits per heavy atom. The molecule has 1 aliphatic carbocycles. The molecule has 0 spiro atoms. The van der Waals surface area contributed by atoms with Crippen LogP contribution in [0.2, 0.25) is 0 Å². The minimum absolute atomic E-state index is 0.539. The second-order valence-electron chi connectivity index (χ2n) is 6.92. The third-order valence-corrected chi connectivity index (χ3v) is 5.13. The average molecular weight is 288 g/mol. The van der Waals surface area contributed by atoms with Crippen LogP contribution in [0.25, 0.3) is 0 Å². The minimum Gasteiger partial charge on any atom is -0.300 e. The largest absolute Gasteiger partial charge is 0.300 e. The van der Waals surface area contributed by atoms with Gasteiger partial charge in [-0.3, -0.25) is 4.84 Å². The van der Waals surface area contributed by atoms with Gasteiger partial charge in [0.2, 0.25) is 0 Å². The first kappa shape index (κ1) is 15.0. The first-order chi connectivity index (χ1) is 10.2. The number of piperidine rings is 1. The molecule has 2 atom stereocenters. The van der Waals surface area contributed by atoms with E-state index in [1.165, 1.54) is 37.9 Å². The molecule has 3 nitrogen and oxygen atoms in total. The Balaban J connectivity index is 1.53. The fourth-order valence-electron chi connectivity index (χ4n) is 3.88. The Kier molecular flexibility index (Phi) is 4.94. The van der Waals surface area contributed by atoms with E-state index in [9.17, 15) is 0 Å². The van der Waals surface area contributed by atoms with E-state index in [4.69, 9.17) is 4.84 Å². The highest BCUT2D eigenvalue weighted by Crippen LogP contribution is 2.35. The van der Waals surface area contributed by atoms with Gasteiger partial charge in [0.05, 0.1) is 6.61 Å². The summed E-state index contributed by atoms with van der Waals surface area (Å²) < 4.78 is 0. The molecule has 1 aromatic rings. The lowest BCUT2D eigenvalue weighted by molar-refractivity contribution is -0.0708. The predicted octanol–water partition coefficient (Wildman–Crippen LogP) is 3.22. The molecular weight excluding hydrogens is 260 g/mol. The normalized spacial score (nSPS) is 29.8. The van der Waals surface area contributed by atoms with Crippen molar-refractivity contribution in [2.24, 2.45) is 11.8 Å². The Labute approximate surface area is 128 Å². The van der Waals surface area contributed by atoms with Crippen molar-refractivity contribution < 1.29 is 4.84 Å². The van der Waals surface area contributed by atoms with Crippen molar-refractivity contribution in [3.05, 3.63) is 35.9 Å². The zero-order chi connectivity index (χ0) is 14.7. The van der Waals surface area contributed by atoms with Crippen LogP contribution >= 0.6 is 0 Å². The molecule has 1 aromatic carbocycles. The summed E-state index contributed by atoms with van der Waals surface area (Å²) in [7, 11) is 0. The summed E-state index contributed by atoms with van der Waals surface area (Å²) in [5.74, 6) is 1.49. The molecule has 1 saturated carbocycles. The number of benzene rings is 1. The molecule has 2 fully saturated rings. The van der Waals surface area contributed by atoms with E-state index in [0.717, 1.165) is 11.8 Å². The molecule has 2 aliphatic rings. The number of rotatable bonds is 5. The van der Waals surface area contributed by atoms with Gasteiger partial charge < -0.3 is 4.90 Å². The van der Waals surface area contributed by atoms with Crippen molar-refractivity contribution in [2.75, 3.05) is 13.1 Å². The molecule has 21 heavy (non-hydrogen) atoms. The monoisotopic (exact) mass is 288 g/mol. The van der Waals surface area contributed by atoms with Crippen molar-refractivity contribution in [1.29, 1.82) is 0 Å². The highest BCUT2D eigenvalue weighted by Gasteiger charge is 2.40. The van der Waals surface area contributed by atoms with Crippen LogP contribution in [0, 0.1) is 11.8 Å². The van der Waals surface area contributed by atoms with Crippen LogP contribution in [0.1, 0.15) is 38.7 Å². The lowest BCUT2D eigenvalue weighted by atomic mass is 9.73. The summed E-state index contributed by atoms with van der Waals surface area (Å²) >= 11 is 0. The molecule has 0 radical (unpaired) electrons. The van der Waals surface area contributed by atoms with E-state index in [1.807, 2.05) is 6.07 Å². The molecule has 1 heterocycles. The van der Waals surface area contributed by atoms with Gasteiger partial charge in [-0.15, -0.1) is 0 Å². The number of likely N-dealkylation sites (tertiary alicyclic amines) is 1. The van der Waals surface area contributed by atoms with Crippen molar-refractivity contribution in [1.82, 2.24) is 10.4 Å². The number of hydrogen-bond acceptors (Lipinski definition) is 3. The summed E-state index contributed by atoms with van der Waals surface area (Å²) in [6.45, 7) is 7.73. The molecule has 116 valence electrons. The van der Waals surface area contributed by atoms with Gasteiger partial charge in [-0.2, -0.15) is 5.48 Å². The van der Waals surface area contributed by atoms with Gasteiger partial charge in [0.1, 0.15) is 0 Å². The lowest BCUT2D eigenvalue weighted by Gasteiger charge is -2.48.